The third kappa shape index (κ3) is 3.73. The summed E-state index contributed by atoms with van der Waals surface area (Å²) >= 11 is 0. The average molecular weight is 319 g/mol. The zero-order valence-corrected chi connectivity index (χ0v) is 13.0. The minimum Gasteiger partial charge on any atom is -0.382 e. The van der Waals surface area contributed by atoms with Gasteiger partial charge in [0.25, 0.3) is 5.91 Å². The molecule has 3 rings (SSSR count). The van der Waals surface area contributed by atoms with Crippen molar-refractivity contribution in [3.63, 3.8) is 0 Å². The molecule has 6 heteroatoms. The maximum Gasteiger partial charge on any atom is 0.273 e. The molecular formula is C18H17N5O. The summed E-state index contributed by atoms with van der Waals surface area (Å²) in [5.74, 6) is -0.223. The van der Waals surface area contributed by atoms with E-state index >= 15 is 0 Å². The van der Waals surface area contributed by atoms with Crippen LogP contribution in [0.3, 0.4) is 0 Å². The van der Waals surface area contributed by atoms with Crippen molar-refractivity contribution >= 4 is 11.7 Å². The lowest BCUT2D eigenvalue weighted by atomic mass is 10.1. The maximum absolute atomic E-state index is 12.3. The summed E-state index contributed by atoms with van der Waals surface area (Å²) in [6, 6.07) is 15.2. The highest BCUT2D eigenvalue weighted by Crippen LogP contribution is 2.17. The van der Waals surface area contributed by atoms with Crippen molar-refractivity contribution in [1.82, 2.24) is 20.3 Å². The maximum atomic E-state index is 12.3. The van der Waals surface area contributed by atoms with E-state index in [0.717, 1.165) is 11.3 Å². The molecule has 0 aliphatic heterocycles. The number of anilines is 1. The summed E-state index contributed by atoms with van der Waals surface area (Å²) in [5, 5.41) is 2.81. The van der Waals surface area contributed by atoms with Crippen molar-refractivity contribution in [2.75, 3.05) is 12.3 Å². The first-order valence-corrected chi connectivity index (χ1v) is 7.60. The molecule has 6 nitrogen and oxygen atoms in total. The second kappa shape index (κ2) is 7.32. The van der Waals surface area contributed by atoms with Crippen LogP contribution in [0.4, 0.5) is 5.82 Å². The van der Waals surface area contributed by atoms with Gasteiger partial charge in [-0.15, -0.1) is 0 Å². The van der Waals surface area contributed by atoms with Crippen LogP contribution in [-0.4, -0.2) is 27.4 Å². The lowest BCUT2D eigenvalue weighted by Gasteiger charge is -2.08. The van der Waals surface area contributed by atoms with Crippen LogP contribution in [0.5, 0.6) is 0 Å². The Kier molecular flexibility index (Phi) is 4.76. The van der Waals surface area contributed by atoms with Crippen molar-refractivity contribution in [2.45, 2.75) is 6.42 Å². The summed E-state index contributed by atoms with van der Waals surface area (Å²) in [5.41, 5.74) is 8.35. The number of benzene rings is 1. The van der Waals surface area contributed by atoms with Crippen molar-refractivity contribution in [1.29, 1.82) is 0 Å². The summed E-state index contributed by atoms with van der Waals surface area (Å²) in [4.78, 5) is 25.0. The largest absolute Gasteiger partial charge is 0.382 e. The molecule has 0 saturated heterocycles. The SMILES string of the molecule is Nc1ncc(-c2ccccc2)nc1C(=O)NCCc1ccccn1. The van der Waals surface area contributed by atoms with Crippen LogP contribution in [0.25, 0.3) is 11.3 Å². The number of nitrogens with one attached hydrogen (secondary N) is 1. The van der Waals surface area contributed by atoms with E-state index in [2.05, 4.69) is 20.3 Å². The molecule has 1 aromatic carbocycles. The first kappa shape index (κ1) is 15.6. The number of pyridine rings is 1. The van der Waals surface area contributed by atoms with Crippen LogP contribution in [0.2, 0.25) is 0 Å². The monoisotopic (exact) mass is 319 g/mol. The van der Waals surface area contributed by atoms with E-state index in [1.165, 1.54) is 0 Å². The minimum atomic E-state index is -0.339. The second-order valence-corrected chi connectivity index (χ2v) is 5.18. The fraction of sp³-hybridized carbons (Fsp3) is 0.111. The number of amides is 1. The number of nitrogens with two attached hydrogens (primary N) is 1. The van der Waals surface area contributed by atoms with Crippen molar-refractivity contribution < 1.29 is 4.79 Å². The molecule has 2 aromatic heterocycles. The molecule has 0 bridgehead atoms. The molecule has 2 heterocycles. The van der Waals surface area contributed by atoms with E-state index < -0.39 is 0 Å². The van der Waals surface area contributed by atoms with Gasteiger partial charge in [-0.3, -0.25) is 9.78 Å². The molecule has 0 saturated carbocycles. The fourth-order valence-electron chi connectivity index (χ4n) is 2.25. The molecule has 1 amide bonds. The molecule has 120 valence electrons. The van der Waals surface area contributed by atoms with Crippen molar-refractivity contribution in [3.05, 3.63) is 72.3 Å². The number of carbonyl (C=O) groups excluding carboxylic acids is 1. The Bertz CT molecular complexity index is 821. The highest BCUT2D eigenvalue weighted by Gasteiger charge is 2.14. The molecular weight excluding hydrogens is 302 g/mol. The molecule has 0 radical (unpaired) electrons. The normalized spacial score (nSPS) is 10.3. The molecule has 0 aliphatic carbocycles. The van der Waals surface area contributed by atoms with Gasteiger partial charge in [-0.1, -0.05) is 36.4 Å². The lowest BCUT2D eigenvalue weighted by Crippen LogP contribution is -2.28. The molecule has 3 N–H and O–H groups in total. The number of hydrogen-bond donors (Lipinski definition) is 2. The standard InChI is InChI=1S/C18H17N5O/c19-17-16(18(24)21-11-9-14-8-4-5-10-20-14)23-15(12-22-17)13-6-2-1-3-7-13/h1-8,10,12H,9,11H2,(H2,19,22)(H,21,24). The zero-order valence-electron chi connectivity index (χ0n) is 13.0. The predicted octanol–water partition coefficient (Wildman–Crippen LogP) is 2.09. The van der Waals surface area contributed by atoms with E-state index in [0.29, 0.717) is 18.7 Å². The zero-order chi connectivity index (χ0) is 16.8. The Morgan fingerprint density at radius 1 is 1.04 bits per heavy atom. The molecule has 24 heavy (non-hydrogen) atoms. The van der Waals surface area contributed by atoms with Gasteiger partial charge in [0.15, 0.2) is 11.5 Å². The average Bonchev–Trinajstić information content (AvgIpc) is 2.63. The van der Waals surface area contributed by atoms with Gasteiger partial charge < -0.3 is 11.1 Å². The number of nitrogens with zero attached hydrogens (tertiary/aromatic N) is 3. The number of rotatable bonds is 5. The summed E-state index contributed by atoms with van der Waals surface area (Å²) in [6.07, 6.45) is 3.93. The van der Waals surface area contributed by atoms with Crippen LogP contribution in [-0.2, 0) is 6.42 Å². The van der Waals surface area contributed by atoms with E-state index in [1.807, 2.05) is 48.5 Å². The number of nitrogen functional groups attached to an aromatic ring is 1. The van der Waals surface area contributed by atoms with Crippen LogP contribution in [0.15, 0.2) is 60.9 Å². The Morgan fingerprint density at radius 2 is 1.83 bits per heavy atom. The van der Waals surface area contributed by atoms with Crippen molar-refractivity contribution in [2.24, 2.45) is 0 Å². The van der Waals surface area contributed by atoms with E-state index in [9.17, 15) is 4.79 Å². The van der Waals surface area contributed by atoms with Crippen LogP contribution < -0.4 is 11.1 Å². The van der Waals surface area contributed by atoms with Gasteiger partial charge in [-0.2, -0.15) is 0 Å². The van der Waals surface area contributed by atoms with Crippen LogP contribution in [0, 0.1) is 0 Å². The van der Waals surface area contributed by atoms with Crippen LogP contribution in [0.1, 0.15) is 16.2 Å². The molecule has 0 spiro atoms. The Balaban J connectivity index is 1.70. The smallest absolute Gasteiger partial charge is 0.273 e. The molecule has 0 aliphatic rings. The van der Waals surface area contributed by atoms with E-state index in [1.54, 1.807) is 12.4 Å². The third-order valence-corrected chi connectivity index (χ3v) is 3.48. The highest BCUT2D eigenvalue weighted by atomic mass is 16.1. The van der Waals surface area contributed by atoms with Gasteiger partial charge in [0.1, 0.15) is 0 Å². The van der Waals surface area contributed by atoms with Gasteiger partial charge in [-0.05, 0) is 12.1 Å². The first-order valence-electron chi connectivity index (χ1n) is 7.60. The van der Waals surface area contributed by atoms with E-state index in [-0.39, 0.29) is 17.4 Å². The van der Waals surface area contributed by atoms with Crippen molar-refractivity contribution in [3.8, 4) is 11.3 Å². The van der Waals surface area contributed by atoms with Gasteiger partial charge >= 0.3 is 0 Å². The number of hydrogen-bond acceptors (Lipinski definition) is 5. The lowest BCUT2D eigenvalue weighted by molar-refractivity contribution is 0.0950. The molecule has 0 fully saturated rings. The van der Waals surface area contributed by atoms with Crippen LogP contribution >= 0.6 is 0 Å². The summed E-state index contributed by atoms with van der Waals surface area (Å²) in [7, 11) is 0. The highest BCUT2D eigenvalue weighted by molar-refractivity contribution is 5.96. The molecule has 0 atom stereocenters. The van der Waals surface area contributed by atoms with E-state index in [4.69, 9.17) is 5.73 Å². The first-order chi connectivity index (χ1) is 11.7. The summed E-state index contributed by atoms with van der Waals surface area (Å²) < 4.78 is 0. The predicted molar refractivity (Wildman–Crippen MR) is 92.2 cm³/mol. The van der Waals surface area contributed by atoms with Gasteiger partial charge in [0.2, 0.25) is 0 Å². The Hall–Kier alpha value is -3.28. The quantitative estimate of drug-likeness (QED) is 0.751. The summed E-state index contributed by atoms with van der Waals surface area (Å²) in [6.45, 7) is 0.451. The molecule has 3 aromatic rings. The number of aromatic nitrogens is 3. The Labute approximate surface area is 139 Å². The third-order valence-electron chi connectivity index (χ3n) is 3.48. The number of carbonyl (C=O) groups is 1. The Morgan fingerprint density at radius 3 is 2.58 bits per heavy atom. The van der Waals surface area contributed by atoms with Gasteiger partial charge in [0.05, 0.1) is 11.9 Å². The fourth-order valence-corrected chi connectivity index (χ4v) is 2.25. The minimum absolute atomic E-state index is 0.116. The van der Waals surface area contributed by atoms with Gasteiger partial charge in [-0.25, -0.2) is 9.97 Å². The topological polar surface area (TPSA) is 93.8 Å². The van der Waals surface area contributed by atoms with Gasteiger partial charge in [0, 0.05) is 30.4 Å². The second-order valence-electron chi connectivity index (χ2n) is 5.18. The molecule has 0 unspecified atom stereocenters.